The molecule has 2 saturated heterocycles. The van der Waals surface area contributed by atoms with Gasteiger partial charge < -0.3 is 20.5 Å². The first-order valence-corrected chi connectivity index (χ1v) is 11.7. The highest BCUT2D eigenvalue weighted by Crippen LogP contribution is 2.61. The molecular formula is C24H34N3O6+. The molecule has 3 aliphatic rings. The highest BCUT2D eigenvalue weighted by atomic mass is 16.6. The lowest BCUT2D eigenvalue weighted by molar-refractivity contribution is -1.12. The summed E-state index contributed by atoms with van der Waals surface area (Å²) in [6.45, 7) is 4.89. The third-order valence-corrected chi connectivity index (χ3v) is 7.66. The maximum Gasteiger partial charge on any atom is 0.303 e. The van der Waals surface area contributed by atoms with Gasteiger partial charge in [0.1, 0.15) is 12.6 Å². The van der Waals surface area contributed by atoms with Crippen LogP contribution in [0.3, 0.4) is 0 Å². The van der Waals surface area contributed by atoms with Gasteiger partial charge in [0.05, 0.1) is 17.1 Å². The SMILES string of the molecule is C[C@]12CCC[N@+](O)(CC(=O)Nc3ccc(NC(=O)CCCC(=O)O)cc3)[C@@H]1CC[C@@]1(C)O[C@@H]21. The topological polar surface area (TPSA) is 128 Å². The Kier molecular flexibility index (Phi) is 6.24. The molecule has 9 nitrogen and oxygen atoms in total. The Morgan fingerprint density at radius 1 is 1.06 bits per heavy atom. The number of fused-ring (bicyclic) bond motifs is 3. The van der Waals surface area contributed by atoms with E-state index in [2.05, 4.69) is 24.5 Å². The maximum atomic E-state index is 12.8. The molecular weight excluding hydrogens is 426 g/mol. The summed E-state index contributed by atoms with van der Waals surface area (Å²) in [5.41, 5.74) is 0.964. The molecule has 1 aliphatic carbocycles. The molecule has 0 unspecified atom stereocenters. The van der Waals surface area contributed by atoms with Gasteiger partial charge in [-0.1, -0.05) is 6.92 Å². The Morgan fingerprint density at radius 3 is 2.33 bits per heavy atom. The van der Waals surface area contributed by atoms with Crippen molar-refractivity contribution in [2.75, 3.05) is 23.7 Å². The van der Waals surface area contributed by atoms with Crippen LogP contribution in [-0.2, 0) is 19.1 Å². The molecule has 180 valence electrons. The Balaban J connectivity index is 1.31. The van der Waals surface area contributed by atoms with Gasteiger partial charge >= 0.3 is 5.97 Å². The molecule has 2 heterocycles. The molecule has 2 aliphatic heterocycles. The molecule has 0 aromatic heterocycles. The number of carboxylic acid groups (broad SMARTS) is 1. The van der Waals surface area contributed by atoms with Crippen molar-refractivity contribution in [3.63, 3.8) is 0 Å². The lowest BCUT2D eigenvalue weighted by Gasteiger charge is -2.51. The number of piperidine rings is 1. The predicted octanol–water partition coefficient (Wildman–Crippen LogP) is 3.14. The van der Waals surface area contributed by atoms with Gasteiger partial charge in [-0.2, -0.15) is 4.65 Å². The van der Waals surface area contributed by atoms with E-state index in [9.17, 15) is 19.6 Å². The summed E-state index contributed by atoms with van der Waals surface area (Å²) in [5.74, 6) is -1.43. The van der Waals surface area contributed by atoms with Gasteiger partial charge in [0, 0.05) is 37.1 Å². The molecule has 0 spiro atoms. The second-order valence-electron chi connectivity index (χ2n) is 10.3. The van der Waals surface area contributed by atoms with Gasteiger partial charge in [-0.25, -0.2) is 5.21 Å². The first-order valence-electron chi connectivity index (χ1n) is 11.7. The van der Waals surface area contributed by atoms with Crippen molar-refractivity contribution in [1.82, 2.24) is 0 Å². The van der Waals surface area contributed by atoms with Gasteiger partial charge in [-0.05, 0) is 50.5 Å². The van der Waals surface area contributed by atoms with E-state index in [4.69, 9.17) is 9.84 Å². The highest BCUT2D eigenvalue weighted by molar-refractivity contribution is 5.93. The van der Waals surface area contributed by atoms with Crippen molar-refractivity contribution >= 4 is 29.2 Å². The summed E-state index contributed by atoms with van der Waals surface area (Å²) in [7, 11) is 0. The summed E-state index contributed by atoms with van der Waals surface area (Å²) in [4.78, 5) is 35.2. The summed E-state index contributed by atoms with van der Waals surface area (Å²) in [5, 5.41) is 25.7. The number of rotatable bonds is 8. The Hall–Kier alpha value is -2.49. The van der Waals surface area contributed by atoms with Crippen LogP contribution in [0.15, 0.2) is 24.3 Å². The van der Waals surface area contributed by atoms with Crippen molar-refractivity contribution < 1.29 is 34.1 Å². The van der Waals surface area contributed by atoms with Gasteiger partial charge in [0.15, 0.2) is 6.54 Å². The molecule has 5 atom stereocenters. The van der Waals surface area contributed by atoms with Gasteiger partial charge in [-0.3, -0.25) is 14.4 Å². The van der Waals surface area contributed by atoms with Gasteiger partial charge in [0.2, 0.25) is 5.91 Å². The fourth-order valence-electron chi connectivity index (χ4n) is 6.06. The van der Waals surface area contributed by atoms with E-state index in [1.54, 1.807) is 24.3 Å². The summed E-state index contributed by atoms with van der Waals surface area (Å²) < 4.78 is 5.78. The number of ether oxygens (including phenoxy) is 1. The smallest absolute Gasteiger partial charge is 0.303 e. The number of benzene rings is 1. The van der Waals surface area contributed by atoms with Crippen LogP contribution >= 0.6 is 0 Å². The number of aliphatic carboxylic acids is 1. The van der Waals surface area contributed by atoms with Crippen molar-refractivity contribution in [3.05, 3.63) is 24.3 Å². The Labute approximate surface area is 193 Å². The number of nitrogens with zero attached hydrogens (tertiary/aromatic N) is 1. The second kappa shape index (κ2) is 8.70. The zero-order valence-electron chi connectivity index (χ0n) is 19.3. The second-order valence-corrected chi connectivity index (χ2v) is 10.3. The lowest BCUT2D eigenvalue weighted by atomic mass is 9.63. The molecule has 33 heavy (non-hydrogen) atoms. The van der Waals surface area contributed by atoms with Crippen molar-refractivity contribution in [2.24, 2.45) is 5.41 Å². The number of nitrogens with one attached hydrogen (secondary N) is 2. The van der Waals surface area contributed by atoms with Crippen LogP contribution in [0.5, 0.6) is 0 Å². The number of carbonyl (C=O) groups excluding carboxylic acids is 2. The van der Waals surface area contributed by atoms with E-state index in [0.29, 0.717) is 17.9 Å². The largest absolute Gasteiger partial charge is 0.481 e. The fourth-order valence-corrected chi connectivity index (χ4v) is 6.06. The summed E-state index contributed by atoms with van der Waals surface area (Å²) in [6, 6.07) is 6.72. The van der Waals surface area contributed by atoms with E-state index < -0.39 is 5.97 Å². The van der Waals surface area contributed by atoms with Crippen LogP contribution in [0.2, 0.25) is 0 Å². The molecule has 0 radical (unpaired) electrons. The number of amides is 2. The van der Waals surface area contributed by atoms with Crippen molar-refractivity contribution in [2.45, 2.75) is 76.5 Å². The number of hydrogen-bond donors (Lipinski definition) is 4. The standard InChI is InChI=1S/C24H33N3O6/c1-23-12-4-14-27(32,18(23)11-13-24(2)22(23)33-24)15-20(29)26-17-9-7-16(8-10-17)25-19(28)5-3-6-21(30)31/h7-10,18,22,32H,3-6,11-15H2,1-2H3,(H2-,25,26,28,29,30,31)/p+1/t18-,22+,23+,24-,27+/m1/s1. The Bertz CT molecular complexity index is 937. The zero-order chi connectivity index (χ0) is 23.9. The number of carbonyl (C=O) groups is 3. The molecule has 2 amide bonds. The minimum Gasteiger partial charge on any atom is -0.481 e. The quantitative estimate of drug-likeness (QED) is 0.349. The third kappa shape index (κ3) is 4.90. The van der Waals surface area contributed by atoms with Crippen LogP contribution in [0, 0.1) is 5.41 Å². The van der Waals surface area contributed by atoms with E-state index in [-0.39, 0.29) is 65.4 Å². The maximum absolute atomic E-state index is 12.8. The molecule has 9 heteroatoms. The molecule has 1 saturated carbocycles. The highest BCUT2D eigenvalue weighted by Gasteiger charge is 2.71. The summed E-state index contributed by atoms with van der Waals surface area (Å²) >= 11 is 0. The minimum absolute atomic E-state index is 0.00818. The molecule has 4 N–H and O–H groups in total. The Morgan fingerprint density at radius 2 is 1.70 bits per heavy atom. The van der Waals surface area contributed by atoms with Crippen LogP contribution < -0.4 is 10.6 Å². The molecule has 1 aromatic carbocycles. The number of epoxide rings is 1. The average molecular weight is 461 g/mol. The number of quaternary nitrogens is 1. The fraction of sp³-hybridized carbons (Fsp3) is 0.625. The number of hydrogen-bond acceptors (Lipinski definition) is 5. The van der Waals surface area contributed by atoms with Crippen LogP contribution in [0.4, 0.5) is 11.4 Å². The minimum atomic E-state index is -0.924. The number of carboxylic acids is 1. The molecule has 4 rings (SSSR count). The van der Waals surface area contributed by atoms with Crippen molar-refractivity contribution in [3.8, 4) is 0 Å². The van der Waals surface area contributed by atoms with Gasteiger partial charge in [-0.15, -0.1) is 0 Å². The molecule has 0 bridgehead atoms. The number of likely N-dealkylation sites (tertiary alicyclic amines) is 1. The normalized spacial score (nSPS) is 34.5. The third-order valence-electron chi connectivity index (χ3n) is 7.66. The zero-order valence-corrected chi connectivity index (χ0v) is 19.3. The first kappa shape index (κ1) is 23.7. The monoisotopic (exact) mass is 460 g/mol. The van der Waals surface area contributed by atoms with Crippen LogP contribution in [-0.4, -0.2) is 63.6 Å². The number of hydroxylamine groups is 3. The molecule has 3 fully saturated rings. The van der Waals surface area contributed by atoms with Crippen LogP contribution in [0.1, 0.15) is 58.8 Å². The lowest BCUT2D eigenvalue weighted by Crippen LogP contribution is -2.67. The van der Waals surface area contributed by atoms with E-state index in [0.717, 1.165) is 25.7 Å². The summed E-state index contributed by atoms with van der Waals surface area (Å²) in [6.07, 6.45) is 4.13. The first-order chi connectivity index (χ1) is 15.5. The van der Waals surface area contributed by atoms with E-state index in [1.807, 2.05) is 0 Å². The predicted molar refractivity (Wildman–Crippen MR) is 121 cm³/mol. The van der Waals surface area contributed by atoms with Crippen LogP contribution in [0.25, 0.3) is 0 Å². The van der Waals surface area contributed by atoms with Gasteiger partial charge in [0.25, 0.3) is 5.91 Å². The average Bonchev–Trinajstić information content (AvgIpc) is 3.42. The van der Waals surface area contributed by atoms with E-state index >= 15 is 0 Å². The molecule has 1 aromatic rings. The number of anilines is 2. The van der Waals surface area contributed by atoms with Crippen molar-refractivity contribution in [1.29, 1.82) is 0 Å². The van der Waals surface area contributed by atoms with E-state index in [1.165, 1.54) is 0 Å².